The number of hydrogen-bond acceptors (Lipinski definition) is 3. The fourth-order valence-electron chi connectivity index (χ4n) is 2.31. The van der Waals surface area contributed by atoms with Crippen LogP contribution in [0.3, 0.4) is 0 Å². The Morgan fingerprint density at radius 3 is 2.62 bits per heavy atom. The molecule has 2 rings (SSSR count). The molecule has 2 N–H and O–H groups in total. The van der Waals surface area contributed by atoms with Crippen molar-refractivity contribution in [3.05, 3.63) is 57.8 Å². The molecule has 0 aliphatic heterocycles. The third kappa shape index (κ3) is 4.05. The number of anilines is 1. The highest BCUT2D eigenvalue weighted by molar-refractivity contribution is 9.10. The zero-order valence-electron chi connectivity index (χ0n) is 12.8. The first-order valence-corrected chi connectivity index (χ1v) is 8.03. The molecule has 1 aromatic carbocycles. The van der Waals surface area contributed by atoms with Crippen LogP contribution in [0.15, 0.2) is 40.9 Å². The molecule has 0 fully saturated rings. The number of nitrogens with two attached hydrogens (primary N) is 1. The monoisotopic (exact) mass is 347 g/mol. The molecule has 1 atom stereocenters. The molecule has 0 saturated heterocycles. The van der Waals surface area contributed by atoms with Crippen LogP contribution in [-0.2, 0) is 6.54 Å². The zero-order chi connectivity index (χ0) is 15.4. The van der Waals surface area contributed by atoms with Crippen molar-refractivity contribution < 1.29 is 0 Å². The van der Waals surface area contributed by atoms with Crippen LogP contribution in [0.2, 0.25) is 0 Å². The lowest BCUT2D eigenvalue weighted by molar-refractivity contribution is 0.796. The van der Waals surface area contributed by atoms with Crippen molar-refractivity contribution in [1.29, 1.82) is 0 Å². The molecule has 1 aromatic heterocycles. The van der Waals surface area contributed by atoms with E-state index in [9.17, 15) is 0 Å². The molecule has 0 bridgehead atoms. The minimum atomic E-state index is 0.0452. The Labute approximate surface area is 135 Å². The van der Waals surface area contributed by atoms with Crippen LogP contribution in [0, 0.1) is 6.92 Å². The summed E-state index contributed by atoms with van der Waals surface area (Å²) in [5.41, 5.74) is 10.4. The molecule has 0 unspecified atom stereocenters. The Morgan fingerprint density at radius 2 is 2.05 bits per heavy atom. The van der Waals surface area contributed by atoms with Gasteiger partial charge >= 0.3 is 0 Å². The zero-order valence-corrected chi connectivity index (χ0v) is 14.4. The van der Waals surface area contributed by atoms with Crippen LogP contribution in [0.5, 0.6) is 0 Å². The summed E-state index contributed by atoms with van der Waals surface area (Å²) in [6, 6.07) is 12.5. The van der Waals surface area contributed by atoms with E-state index in [0.29, 0.717) is 0 Å². The first-order valence-electron chi connectivity index (χ1n) is 7.23. The normalized spacial score (nSPS) is 12.2. The average molecular weight is 348 g/mol. The molecule has 21 heavy (non-hydrogen) atoms. The van der Waals surface area contributed by atoms with Crippen molar-refractivity contribution >= 4 is 21.6 Å². The van der Waals surface area contributed by atoms with Gasteiger partial charge in [0.05, 0.1) is 17.9 Å². The summed E-state index contributed by atoms with van der Waals surface area (Å²) in [6.07, 6.45) is 0. The van der Waals surface area contributed by atoms with Crippen molar-refractivity contribution in [2.75, 3.05) is 11.4 Å². The Bertz CT molecular complexity index is 611. The van der Waals surface area contributed by atoms with E-state index in [1.165, 1.54) is 5.69 Å². The Hall–Kier alpha value is -1.39. The van der Waals surface area contributed by atoms with Crippen LogP contribution >= 0.6 is 15.9 Å². The van der Waals surface area contributed by atoms with Crippen molar-refractivity contribution in [1.82, 2.24) is 4.98 Å². The minimum Gasteiger partial charge on any atom is -0.365 e. The topological polar surface area (TPSA) is 42.2 Å². The van der Waals surface area contributed by atoms with Crippen LogP contribution < -0.4 is 10.6 Å². The fourth-order valence-corrected chi connectivity index (χ4v) is 2.96. The number of aromatic nitrogens is 1. The fraction of sp³-hybridized carbons (Fsp3) is 0.353. The van der Waals surface area contributed by atoms with E-state index in [4.69, 9.17) is 5.73 Å². The van der Waals surface area contributed by atoms with Gasteiger partial charge in [-0.3, -0.25) is 4.98 Å². The van der Waals surface area contributed by atoms with Gasteiger partial charge in [0.2, 0.25) is 0 Å². The summed E-state index contributed by atoms with van der Waals surface area (Å²) in [5, 5.41) is 0. The van der Waals surface area contributed by atoms with Gasteiger partial charge in [-0.2, -0.15) is 0 Å². The summed E-state index contributed by atoms with van der Waals surface area (Å²) in [4.78, 5) is 6.89. The van der Waals surface area contributed by atoms with Gasteiger partial charge in [0.25, 0.3) is 0 Å². The molecule has 2 aromatic rings. The minimum absolute atomic E-state index is 0.0452. The van der Waals surface area contributed by atoms with E-state index in [-0.39, 0.29) is 6.04 Å². The van der Waals surface area contributed by atoms with Crippen LogP contribution in [0.1, 0.15) is 36.8 Å². The second-order valence-electron chi connectivity index (χ2n) is 5.28. The maximum atomic E-state index is 5.94. The number of benzene rings is 1. The van der Waals surface area contributed by atoms with Gasteiger partial charge in [0, 0.05) is 22.8 Å². The summed E-state index contributed by atoms with van der Waals surface area (Å²) < 4.78 is 1.08. The maximum absolute atomic E-state index is 5.94. The number of hydrogen-bond donors (Lipinski definition) is 1. The molecular formula is C17H22BrN3. The van der Waals surface area contributed by atoms with E-state index in [0.717, 1.165) is 34.5 Å². The van der Waals surface area contributed by atoms with Crippen molar-refractivity contribution in [2.24, 2.45) is 5.73 Å². The van der Waals surface area contributed by atoms with Crippen LogP contribution in [0.25, 0.3) is 0 Å². The van der Waals surface area contributed by atoms with Crippen molar-refractivity contribution in [2.45, 2.75) is 33.4 Å². The van der Waals surface area contributed by atoms with Gasteiger partial charge in [-0.05, 0) is 66.5 Å². The second-order valence-corrected chi connectivity index (χ2v) is 6.14. The van der Waals surface area contributed by atoms with Crippen LogP contribution in [-0.4, -0.2) is 11.5 Å². The van der Waals surface area contributed by atoms with Crippen molar-refractivity contribution in [3.63, 3.8) is 0 Å². The molecule has 0 spiro atoms. The summed E-state index contributed by atoms with van der Waals surface area (Å²) in [6.45, 7) is 7.89. The lowest BCUT2D eigenvalue weighted by atomic mass is 10.1. The predicted octanol–water partition coefficient (Wildman–Crippen LogP) is 4.20. The molecular weight excluding hydrogens is 326 g/mol. The molecule has 0 aliphatic rings. The Balaban J connectivity index is 2.25. The lowest BCUT2D eigenvalue weighted by Gasteiger charge is -2.25. The molecule has 0 amide bonds. The molecule has 0 radical (unpaired) electrons. The highest BCUT2D eigenvalue weighted by Gasteiger charge is 2.11. The highest BCUT2D eigenvalue weighted by Crippen LogP contribution is 2.29. The van der Waals surface area contributed by atoms with Crippen molar-refractivity contribution in [3.8, 4) is 0 Å². The van der Waals surface area contributed by atoms with Gasteiger partial charge in [-0.1, -0.05) is 12.1 Å². The molecule has 0 aliphatic carbocycles. The van der Waals surface area contributed by atoms with E-state index in [2.05, 4.69) is 63.1 Å². The summed E-state index contributed by atoms with van der Waals surface area (Å²) in [7, 11) is 0. The quantitative estimate of drug-likeness (QED) is 0.881. The molecule has 4 heteroatoms. The van der Waals surface area contributed by atoms with Gasteiger partial charge in [0.15, 0.2) is 0 Å². The molecule has 0 saturated carbocycles. The van der Waals surface area contributed by atoms with Gasteiger partial charge < -0.3 is 10.6 Å². The lowest BCUT2D eigenvalue weighted by Crippen LogP contribution is -2.23. The molecule has 112 valence electrons. The Morgan fingerprint density at radius 1 is 1.29 bits per heavy atom. The summed E-state index contributed by atoms with van der Waals surface area (Å²) >= 11 is 3.67. The number of pyridine rings is 1. The maximum Gasteiger partial charge on any atom is 0.0602 e. The van der Waals surface area contributed by atoms with Crippen LogP contribution in [0.4, 0.5) is 5.69 Å². The van der Waals surface area contributed by atoms with E-state index < -0.39 is 0 Å². The van der Waals surface area contributed by atoms with Gasteiger partial charge in [0.1, 0.15) is 0 Å². The standard InChI is InChI=1S/C17H22BrN3/c1-4-21(11-15-7-5-6-12(2)20-15)17-9-8-14(13(3)19)10-16(17)18/h5-10,13H,4,11,19H2,1-3H3/t13-/m0/s1. The molecule has 1 heterocycles. The molecule has 3 nitrogen and oxygen atoms in total. The average Bonchev–Trinajstić information content (AvgIpc) is 2.45. The van der Waals surface area contributed by atoms with E-state index in [1.807, 2.05) is 19.9 Å². The number of aryl methyl sites for hydroxylation is 1. The first kappa shape index (κ1) is 16.0. The number of halogens is 1. The van der Waals surface area contributed by atoms with E-state index in [1.54, 1.807) is 0 Å². The third-order valence-electron chi connectivity index (χ3n) is 3.52. The Kier molecular flexibility index (Phi) is 5.37. The van der Waals surface area contributed by atoms with Gasteiger partial charge in [-0.25, -0.2) is 0 Å². The smallest absolute Gasteiger partial charge is 0.0602 e. The second kappa shape index (κ2) is 7.05. The largest absolute Gasteiger partial charge is 0.365 e. The van der Waals surface area contributed by atoms with E-state index >= 15 is 0 Å². The summed E-state index contributed by atoms with van der Waals surface area (Å²) in [5.74, 6) is 0. The third-order valence-corrected chi connectivity index (χ3v) is 4.15. The first-order chi connectivity index (χ1) is 10.0. The number of rotatable bonds is 5. The number of nitrogens with zero attached hydrogens (tertiary/aromatic N) is 2. The SMILES string of the molecule is CCN(Cc1cccc(C)n1)c1ccc([C@H](C)N)cc1Br. The predicted molar refractivity (Wildman–Crippen MR) is 92.4 cm³/mol. The van der Waals surface area contributed by atoms with Gasteiger partial charge in [-0.15, -0.1) is 0 Å². The highest BCUT2D eigenvalue weighted by atomic mass is 79.9.